The van der Waals surface area contributed by atoms with E-state index in [2.05, 4.69) is 0 Å². The molecule has 1 saturated heterocycles. The molecule has 0 amide bonds. The van der Waals surface area contributed by atoms with Crippen LogP contribution in [0.15, 0.2) is 11.5 Å². The number of fused-ring (bicyclic) bond motifs is 1. The summed E-state index contributed by atoms with van der Waals surface area (Å²) in [5.74, 6) is -0.968. The maximum Gasteiger partial charge on any atom is 0.351 e. The van der Waals surface area contributed by atoms with Gasteiger partial charge in [0.15, 0.2) is 11.5 Å². The molecule has 14 heavy (non-hydrogen) atoms. The molecule has 1 N–H and O–H groups in total. The molecule has 0 saturated carbocycles. The molecule has 1 unspecified atom stereocenters. The van der Waals surface area contributed by atoms with Crippen LogP contribution in [0.25, 0.3) is 0 Å². The topological polar surface area (TPSA) is 65.0 Å². The van der Waals surface area contributed by atoms with Crippen molar-refractivity contribution in [1.29, 1.82) is 0 Å². The largest absolute Gasteiger partial charge is 0.460 e. The smallest absolute Gasteiger partial charge is 0.351 e. The van der Waals surface area contributed by atoms with Crippen LogP contribution in [0.4, 0.5) is 0 Å². The lowest BCUT2D eigenvalue weighted by atomic mass is 10.1. The van der Waals surface area contributed by atoms with Gasteiger partial charge in [-0.15, -0.1) is 0 Å². The van der Waals surface area contributed by atoms with Gasteiger partial charge in [-0.2, -0.15) is 0 Å². The molecule has 2 aliphatic heterocycles. The van der Waals surface area contributed by atoms with E-state index in [0.717, 1.165) is 0 Å². The van der Waals surface area contributed by atoms with Gasteiger partial charge in [0, 0.05) is 13.8 Å². The molecule has 1 atom stereocenters. The lowest BCUT2D eigenvalue weighted by Crippen LogP contribution is -2.36. The summed E-state index contributed by atoms with van der Waals surface area (Å²) in [7, 11) is 0. The van der Waals surface area contributed by atoms with Crippen molar-refractivity contribution >= 4 is 5.97 Å². The Balaban J connectivity index is 2.46. The zero-order valence-corrected chi connectivity index (χ0v) is 8.29. The molecule has 0 spiro atoms. The molecule has 1 fully saturated rings. The molecular weight excluding hydrogens is 188 g/mol. The summed E-state index contributed by atoms with van der Waals surface area (Å²) < 4.78 is 15.7. The number of rotatable bonds is 1. The summed E-state index contributed by atoms with van der Waals surface area (Å²) in [5, 5.41) is 8.94. The highest BCUT2D eigenvalue weighted by Crippen LogP contribution is 2.45. The van der Waals surface area contributed by atoms with E-state index < -0.39 is 17.4 Å². The first kappa shape index (κ1) is 9.48. The van der Waals surface area contributed by atoms with Gasteiger partial charge in [0.25, 0.3) is 0 Å². The average Bonchev–Trinajstić information content (AvgIpc) is 2.42. The summed E-state index contributed by atoms with van der Waals surface area (Å²) in [5.41, 5.74) is -1.19. The van der Waals surface area contributed by atoms with E-state index in [1.54, 1.807) is 20.8 Å². The van der Waals surface area contributed by atoms with E-state index in [1.165, 1.54) is 0 Å². The van der Waals surface area contributed by atoms with Crippen molar-refractivity contribution in [2.45, 2.75) is 32.2 Å². The zero-order valence-electron chi connectivity index (χ0n) is 8.29. The van der Waals surface area contributed by atoms with Crippen LogP contribution in [0.1, 0.15) is 20.8 Å². The third-order valence-electron chi connectivity index (χ3n) is 2.23. The molecule has 0 aromatic carbocycles. The third kappa shape index (κ3) is 1.06. The third-order valence-corrected chi connectivity index (χ3v) is 2.23. The van der Waals surface area contributed by atoms with Crippen LogP contribution in [-0.2, 0) is 19.0 Å². The van der Waals surface area contributed by atoms with Gasteiger partial charge in [-0.25, -0.2) is 4.79 Å². The number of cyclic esters (lactones) is 1. The molecular formula is C9H12O5. The summed E-state index contributed by atoms with van der Waals surface area (Å²) in [6.07, 6.45) is 0. The Morgan fingerprint density at radius 2 is 2.00 bits per heavy atom. The van der Waals surface area contributed by atoms with Gasteiger partial charge in [-0.1, -0.05) is 0 Å². The Morgan fingerprint density at radius 1 is 1.36 bits per heavy atom. The van der Waals surface area contributed by atoms with Crippen LogP contribution in [-0.4, -0.2) is 29.1 Å². The van der Waals surface area contributed by atoms with Crippen LogP contribution < -0.4 is 0 Å². The van der Waals surface area contributed by atoms with E-state index in [-0.39, 0.29) is 18.1 Å². The Labute approximate surface area is 81.3 Å². The van der Waals surface area contributed by atoms with Crippen LogP contribution in [0.5, 0.6) is 0 Å². The Bertz CT molecular complexity index is 330. The van der Waals surface area contributed by atoms with E-state index in [1.807, 2.05) is 0 Å². The van der Waals surface area contributed by atoms with E-state index in [0.29, 0.717) is 0 Å². The van der Waals surface area contributed by atoms with Crippen molar-refractivity contribution in [3.05, 3.63) is 11.5 Å². The number of hydrogen-bond acceptors (Lipinski definition) is 5. The summed E-state index contributed by atoms with van der Waals surface area (Å²) in [4.78, 5) is 11.5. The molecule has 0 radical (unpaired) electrons. The first-order chi connectivity index (χ1) is 6.39. The van der Waals surface area contributed by atoms with Gasteiger partial charge < -0.3 is 19.3 Å². The second-order valence-corrected chi connectivity index (χ2v) is 3.94. The number of aliphatic hydroxyl groups excluding tert-OH is 1. The molecule has 0 aromatic rings. The highest BCUT2D eigenvalue weighted by atomic mass is 16.8. The van der Waals surface area contributed by atoms with Gasteiger partial charge in [-0.05, 0) is 6.92 Å². The molecule has 2 rings (SSSR count). The summed E-state index contributed by atoms with van der Waals surface area (Å²) >= 11 is 0. The summed E-state index contributed by atoms with van der Waals surface area (Å²) in [6.45, 7) is 4.61. The van der Waals surface area contributed by atoms with Gasteiger partial charge >= 0.3 is 5.97 Å². The van der Waals surface area contributed by atoms with E-state index in [9.17, 15) is 4.79 Å². The maximum atomic E-state index is 11.5. The molecule has 78 valence electrons. The number of esters is 1. The van der Waals surface area contributed by atoms with Crippen LogP contribution in [0, 0.1) is 0 Å². The second-order valence-electron chi connectivity index (χ2n) is 3.94. The SMILES string of the molecule is CC1(C)OC2=C(CO)OC(=O)C2(C)O1. The highest BCUT2D eigenvalue weighted by Gasteiger charge is 2.59. The predicted molar refractivity (Wildman–Crippen MR) is 44.9 cm³/mol. The second kappa shape index (κ2) is 2.49. The molecule has 5 heteroatoms. The first-order valence-corrected chi connectivity index (χ1v) is 4.35. The lowest BCUT2D eigenvalue weighted by molar-refractivity contribution is -0.185. The van der Waals surface area contributed by atoms with Crippen molar-refractivity contribution < 1.29 is 24.1 Å². The quantitative estimate of drug-likeness (QED) is 0.616. The van der Waals surface area contributed by atoms with Crippen molar-refractivity contribution in [1.82, 2.24) is 0 Å². The number of aliphatic hydroxyl groups is 1. The predicted octanol–water partition coefficient (Wildman–Crippen LogP) is 0.289. The van der Waals surface area contributed by atoms with Crippen molar-refractivity contribution in [2.75, 3.05) is 6.61 Å². The molecule has 0 aromatic heterocycles. The number of carbonyl (C=O) groups excluding carboxylic acids is 1. The monoisotopic (exact) mass is 200 g/mol. The van der Waals surface area contributed by atoms with Crippen LogP contribution >= 0.6 is 0 Å². The fourth-order valence-corrected chi connectivity index (χ4v) is 1.72. The minimum absolute atomic E-state index is 0.142. The Kier molecular flexibility index (Phi) is 1.69. The lowest BCUT2D eigenvalue weighted by Gasteiger charge is -2.19. The van der Waals surface area contributed by atoms with Crippen LogP contribution in [0.3, 0.4) is 0 Å². The van der Waals surface area contributed by atoms with Gasteiger partial charge in [0.05, 0.1) is 0 Å². The molecule has 2 heterocycles. The summed E-state index contributed by atoms with van der Waals surface area (Å²) in [6, 6.07) is 0. The fraction of sp³-hybridized carbons (Fsp3) is 0.667. The van der Waals surface area contributed by atoms with Crippen molar-refractivity contribution in [3.63, 3.8) is 0 Å². The normalized spacial score (nSPS) is 34.1. The zero-order chi connectivity index (χ0) is 10.6. The van der Waals surface area contributed by atoms with Gasteiger partial charge in [-0.3, -0.25) is 0 Å². The number of ether oxygens (including phenoxy) is 3. The number of hydrogen-bond donors (Lipinski definition) is 1. The van der Waals surface area contributed by atoms with E-state index >= 15 is 0 Å². The number of carbonyl (C=O) groups is 1. The minimum Gasteiger partial charge on any atom is -0.460 e. The fourth-order valence-electron chi connectivity index (χ4n) is 1.72. The standard InChI is InChI=1S/C9H12O5/c1-8(2)13-6-5(4-10)12-7(11)9(6,3)14-8/h10H,4H2,1-3H3. The Morgan fingerprint density at radius 3 is 2.57 bits per heavy atom. The Hall–Kier alpha value is -1.07. The minimum atomic E-state index is -1.19. The van der Waals surface area contributed by atoms with Crippen LogP contribution in [0.2, 0.25) is 0 Å². The molecule has 0 bridgehead atoms. The van der Waals surface area contributed by atoms with Crippen molar-refractivity contribution in [3.8, 4) is 0 Å². The van der Waals surface area contributed by atoms with Gasteiger partial charge in [0.2, 0.25) is 11.4 Å². The molecule has 0 aliphatic carbocycles. The first-order valence-electron chi connectivity index (χ1n) is 4.35. The molecule has 2 aliphatic rings. The van der Waals surface area contributed by atoms with E-state index in [4.69, 9.17) is 19.3 Å². The van der Waals surface area contributed by atoms with Crippen molar-refractivity contribution in [2.24, 2.45) is 0 Å². The van der Waals surface area contributed by atoms with Gasteiger partial charge in [0.1, 0.15) is 6.61 Å². The molecule has 5 nitrogen and oxygen atoms in total. The maximum absolute atomic E-state index is 11.5. The average molecular weight is 200 g/mol. The highest BCUT2D eigenvalue weighted by molar-refractivity contribution is 5.87.